The van der Waals surface area contributed by atoms with Crippen molar-refractivity contribution in [2.45, 2.75) is 66.8 Å². The van der Waals surface area contributed by atoms with Crippen LogP contribution in [0, 0.1) is 11.3 Å². The Kier molecular flexibility index (Phi) is 4.34. The molecular formula is C14H27N3. The Hall–Kier alpha value is -0.860. The molecule has 1 aromatic heterocycles. The fraction of sp³-hybridized carbons (Fsp3) is 0.857. The second kappa shape index (κ2) is 5.19. The summed E-state index contributed by atoms with van der Waals surface area (Å²) in [7, 11) is 0. The van der Waals surface area contributed by atoms with Crippen LogP contribution in [-0.4, -0.2) is 14.8 Å². The molecule has 0 N–H and O–H groups in total. The monoisotopic (exact) mass is 237 g/mol. The fourth-order valence-electron chi connectivity index (χ4n) is 1.86. The standard InChI is InChI=1S/C14H27N3/c1-10(2)13-15-9-17(16-13)12(5)8-14(6,7)11(3)4/h9-12H,8H2,1-7H3. The van der Waals surface area contributed by atoms with E-state index in [4.69, 9.17) is 0 Å². The summed E-state index contributed by atoms with van der Waals surface area (Å²) in [6, 6.07) is 0.410. The van der Waals surface area contributed by atoms with E-state index >= 15 is 0 Å². The van der Waals surface area contributed by atoms with Gasteiger partial charge in [0.1, 0.15) is 6.33 Å². The van der Waals surface area contributed by atoms with Crippen LogP contribution >= 0.6 is 0 Å². The molecule has 0 aliphatic rings. The molecule has 3 heteroatoms. The van der Waals surface area contributed by atoms with Gasteiger partial charge in [-0.1, -0.05) is 41.5 Å². The predicted molar refractivity (Wildman–Crippen MR) is 72.1 cm³/mol. The zero-order valence-electron chi connectivity index (χ0n) is 12.4. The van der Waals surface area contributed by atoms with Crippen LogP contribution in [0.15, 0.2) is 6.33 Å². The van der Waals surface area contributed by atoms with Crippen LogP contribution in [0.4, 0.5) is 0 Å². The van der Waals surface area contributed by atoms with Gasteiger partial charge in [-0.25, -0.2) is 9.67 Å². The molecule has 3 nitrogen and oxygen atoms in total. The first-order chi connectivity index (χ1) is 7.74. The first-order valence-corrected chi connectivity index (χ1v) is 6.65. The highest BCUT2D eigenvalue weighted by molar-refractivity contribution is 4.90. The topological polar surface area (TPSA) is 30.7 Å². The SMILES string of the molecule is CC(C)c1ncn(C(C)CC(C)(C)C(C)C)n1. The van der Waals surface area contributed by atoms with Crippen molar-refractivity contribution in [3.8, 4) is 0 Å². The van der Waals surface area contributed by atoms with Gasteiger partial charge in [-0.2, -0.15) is 5.10 Å². The van der Waals surface area contributed by atoms with Gasteiger partial charge in [-0.3, -0.25) is 0 Å². The first kappa shape index (κ1) is 14.2. The third-order valence-corrected chi connectivity index (χ3v) is 3.88. The summed E-state index contributed by atoms with van der Waals surface area (Å²) in [4.78, 5) is 4.36. The van der Waals surface area contributed by atoms with Gasteiger partial charge in [0.2, 0.25) is 0 Å². The van der Waals surface area contributed by atoms with E-state index in [1.165, 1.54) is 0 Å². The summed E-state index contributed by atoms with van der Waals surface area (Å²) in [6.45, 7) is 15.7. The number of hydrogen-bond acceptors (Lipinski definition) is 2. The molecule has 0 aliphatic heterocycles. The molecule has 0 bridgehead atoms. The van der Waals surface area contributed by atoms with Crippen molar-refractivity contribution in [3.05, 3.63) is 12.2 Å². The van der Waals surface area contributed by atoms with Gasteiger partial charge in [-0.05, 0) is 24.7 Å². The van der Waals surface area contributed by atoms with E-state index in [1.54, 1.807) is 0 Å². The average Bonchev–Trinajstić information content (AvgIpc) is 2.65. The van der Waals surface area contributed by atoms with Crippen molar-refractivity contribution < 1.29 is 0 Å². The summed E-state index contributed by atoms with van der Waals surface area (Å²) in [5, 5.41) is 4.56. The van der Waals surface area contributed by atoms with Crippen LogP contribution < -0.4 is 0 Å². The third-order valence-electron chi connectivity index (χ3n) is 3.88. The Morgan fingerprint density at radius 1 is 1.18 bits per heavy atom. The molecule has 0 saturated carbocycles. The highest BCUT2D eigenvalue weighted by Crippen LogP contribution is 2.34. The van der Waals surface area contributed by atoms with E-state index in [-0.39, 0.29) is 0 Å². The Labute approximate surface area is 106 Å². The summed E-state index contributed by atoms with van der Waals surface area (Å²) in [5.74, 6) is 2.03. The van der Waals surface area contributed by atoms with E-state index in [2.05, 4.69) is 58.5 Å². The fourth-order valence-corrected chi connectivity index (χ4v) is 1.86. The van der Waals surface area contributed by atoms with Crippen molar-refractivity contribution in [1.82, 2.24) is 14.8 Å². The van der Waals surface area contributed by atoms with Crippen LogP contribution in [0.1, 0.15) is 72.7 Å². The van der Waals surface area contributed by atoms with E-state index in [1.807, 2.05) is 11.0 Å². The number of aromatic nitrogens is 3. The van der Waals surface area contributed by atoms with Crippen molar-refractivity contribution in [1.29, 1.82) is 0 Å². The van der Waals surface area contributed by atoms with E-state index in [0.29, 0.717) is 23.3 Å². The molecule has 1 heterocycles. The Morgan fingerprint density at radius 2 is 1.76 bits per heavy atom. The van der Waals surface area contributed by atoms with Gasteiger partial charge in [0.05, 0.1) is 6.04 Å². The lowest BCUT2D eigenvalue weighted by Gasteiger charge is -2.32. The maximum Gasteiger partial charge on any atom is 0.153 e. The van der Waals surface area contributed by atoms with Crippen molar-refractivity contribution in [2.24, 2.45) is 11.3 Å². The molecular weight excluding hydrogens is 210 g/mol. The largest absolute Gasteiger partial charge is 0.250 e. The van der Waals surface area contributed by atoms with Crippen LogP contribution in [0.3, 0.4) is 0 Å². The molecule has 98 valence electrons. The Morgan fingerprint density at radius 3 is 2.18 bits per heavy atom. The van der Waals surface area contributed by atoms with Gasteiger partial charge in [-0.15, -0.1) is 0 Å². The molecule has 1 rings (SSSR count). The van der Waals surface area contributed by atoms with Crippen LogP contribution in [0.25, 0.3) is 0 Å². The quantitative estimate of drug-likeness (QED) is 0.774. The second-order valence-electron chi connectivity index (χ2n) is 6.43. The minimum atomic E-state index is 0.337. The Balaban J connectivity index is 2.73. The highest BCUT2D eigenvalue weighted by Gasteiger charge is 2.26. The minimum Gasteiger partial charge on any atom is -0.250 e. The van der Waals surface area contributed by atoms with Gasteiger partial charge in [0.15, 0.2) is 5.82 Å². The molecule has 0 aliphatic carbocycles. The molecule has 0 aromatic carbocycles. The molecule has 0 fully saturated rings. The molecule has 0 amide bonds. The summed E-state index contributed by atoms with van der Waals surface area (Å²) >= 11 is 0. The van der Waals surface area contributed by atoms with E-state index < -0.39 is 0 Å². The van der Waals surface area contributed by atoms with Gasteiger partial charge in [0, 0.05) is 5.92 Å². The Bertz CT molecular complexity index is 350. The molecule has 1 atom stereocenters. The lowest BCUT2D eigenvalue weighted by molar-refractivity contribution is 0.189. The molecule has 1 aromatic rings. The van der Waals surface area contributed by atoms with Crippen LogP contribution in [-0.2, 0) is 0 Å². The zero-order valence-corrected chi connectivity index (χ0v) is 12.4. The smallest absolute Gasteiger partial charge is 0.153 e. The predicted octanol–water partition coefficient (Wildman–Crippen LogP) is 4.03. The third kappa shape index (κ3) is 3.55. The van der Waals surface area contributed by atoms with Gasteiger partial charge >= 0.3 is 0 Å². The molecule has 0 spiro atoms. The molecule has 0 saturated heterocycles. The normalized spacial score (nSPS) is 14.6. The lowest BCUT2D eigenvalue weighted by Crippen LogP contribution is -2.24. The summed E-state index contributed by atoms with van der Waals surface area (Å²) in [6.07, 6.45) is 3.00. The van der Waals surface area contributed by atoms with Crippen molar-refractivity contribution >= 4 is 0 Å². The molecule has 17 heavy (non-hydrogen) atoms. The summed E-state index contributed by atoms with van der Waals surface area (Å²) in [5.41, 5.74) is 0.337. The van der Waals surface area contributed by atoms with Crippen LogP contribution in [0.5, 0.6) is 0 Å². The highest BCUT2D eigenvalue weighted by atomic mass is 15.3. The molecule has 1 unspecified atom stereocenters. The number of nitrogens with zero attached hydrogens (tertiary/aromatic N) is 3. The number of hydrogen-bond donors (Lipinski definition) is 0. The lowest BCUT2D eigenvalue weighted by atomic mass is 9.76. The van der Waals surface area contributed by atoms with Gasteiger partial charge < -0.3 is 0 Å². The van der Waals surface area contributed by atoms with E-state index in [9.17, 15) is 0 Å². The van der Waals surface area contributed by atoms with Crippen LogP contribution in [0.2, 0.25) is 0 Å². The second-order valence-corrected chi connectivity index (χ2v) is 6.43. The maximum absolute atomic E-state index is 4.56. The average molecular weight is 237 g/mol. The molecule has 0 radical (unpaired) electrons. The zero-order chi connectivity index (χ0) is 13.2. The minimum absolute atomic E-state index is 0.337. The number of rotatable bonds is 5. The van der Waals surface area contributed by atoms with Crippen molar-refractivity contribution in [2.75, 3.05) is 0 Å². The van der Waals surface area contributed by atoms with Crippen molar-refractivity contribution in [3.63, 3.8) is 0 Å². The van der Waals surface area contributed by atoms with E-state index in [0.717, 1.165) is 12.2 Å². The maximum atomic E-state index is 4.56. The summed E-state index contributed by atoms with van der Waals surface area (Å²) < 4.78 is 2.01. The van der Waals surface area contributed by atoms with Gasteiger partial charge in [0.25, 0.3) is 0 Å². The first-order valence-electron chi connectivity index (χ1n) is 6.65.